The van der Waals surface area contributed by atoms with Crippen molar-refractivity contribution in [3.8, 4) is 6.07 Å². The van der Waals surface area contributed by atoms with E-state index in [2.05, 4.69) is 11.1 Å². The summed E-state index contributed by atoms with van der Waals surface area (Å²) < 4.78 is 1.92. The smallest absolute Gasteiger partial charge is 0.157 e. The lowest BCUT2D eigenvalue weighted by Gasteiger charge is -2.04. The number of nitrogens with two attached hydrogens (primary N) is 1. The van der Waals surface area contributed by atoms with Crippen LogP contribution in [0.3, 0.4) is 0 Å². The molecule has 0 bridgehead atoms. The van der Waals surface area contributed by atoms with Crippen molar-refractivity contribution in [2.75, 3.05) is 5.73 Å². The van der Waals surface area contributed by atoms with Gasteiger partial charge < -0.3 is 5.73 Å². The average Bonchev–Trinajstić information content (AvgIpc) is 2.66. The minimum Gasteiger partial charge on any atom is -0.383 e. The zero-order valence-corrected chi connectivity index (χ0v) is 9.31. The van der Waals surface area contributed by atoms with Crippen LogP contribution in [0, 0.1) is 18.3 Å². The molecular formula is C13H10N4. The van der Waals surface area contributed by atoms with Crippen molar-refractivity contribution in [3.05, 3.63) is 41.6 Å². The van der Waals surface area contributed by atoms with Gasteiger partial charge in [0.05, 0.1) is 11.1 Å². The van der Waals surface area contributed by atoms with Crippen molar-refractivity contribution in [2.45, 2.75) is 6.92 Å². The number of aryl methyl sites for hydroxylation is 1. The molecule has 3 rings (SSSR count). The van der Waals surface area contributed by atoms with E-state index in [9.17, 15) is 0 Å². The lowest BCUT2D eigenvalue weighted by molar-refractivity contribution is 1.19. The molecule has 0 saturated carbocycles. The number of rotatable bonds is 0. The molecule has 0 fully saturated rings. The summed E-state index contributed by atoms with van der Waals surface area (Å²) in [6.07, 6.45) is 1.92. The van der Waals surface area contributed by atoms with Gasteiger partial charge in [-0.2, -0.15) is 5.26 Å². The summed E-state index contributed by atoms with van der Waals surface area (Å²) >= 11 is 0. The maximum absolute atomic E-state index is 9.12. The molecule has 82 valence electrons. The number of anilines is 1. The van der Waals surface area contributed by atoms with E-state index in [-0.39, 0.29) is 0 Å². The summed E-state index contributed by atoms with van der Waals surface area (Å²) in [5.41, 5.74) is 9.02. The Morgan fingerprint density at radius 2 is 2.12 bits per heavy atom. The number of fused-ring (bicyclic) bond motifs is 3. The number of hydrogen-bond donors (Lipinski definition) is 1. The summed E-state index contributed by atoms with van der Waals surface area (Å²) in [7, 11) is 0. The molecule has 0 atom stereocenters. The number of nitrogen functional groups attached to an aromatic ring is 1. The topological polar surface area (TPSA) is 67.1 Å². The maximum Gasteiger partial charge on any atom is 0.157 e. The molecule has 2 heterocycles. The summed E-state index contributed by atoms with van der Waals surface area (Å²) in [6.45, 7) is 1.90. The highest BCUT2D eigenvalue weighted by Gasteiger charge is 2.12. The summed E-state index contributed by atoms with van der Waals surface area (Å²) in [5, 5.41) is 10.0. The largest absolute Gasteiger partial charge is 0.383 e. The van der Waals surface area contributed by atoms with Gasteiger partial charge in [0, 0.05) is 11.6 Å². The van der Waals surface area contributed by atoms with E-state index in [1.807, 2.05) is 41.8 Å². The van der Waals surface area contributed by atoms with Gasteiger partial charge in [0.2, 0.25) is 0 Å². The summed E-state index contributed by atoms with van der Waals surface area (Å²) in [4.78, 5) is 4.31. The number of nitriles is 1. The van der Waals surface area contributed by atoms with Crippen LogP contribution in [-0.2, 0) is 0 Å². The Morgan fingerprint density at radius 3 is 2.88 bits per heavy atom. The fraction of sp³-hybridized carbons (Fsp3) is 0.0769. The van der Waals surface area contributed by atoms with Gasteiger partial charge in [-0.15, -0.1) is 0 Å². The molecular weight excluding hydrogens is 212 g/mol. The highest BCUT2D eigenvalue weighted by atomic mass is 15.0. The Hall–Kier alpha value is -2.54. The van der Waals surface area contributed by atoms with Gasteiger partial charge in [0.1, 0.15) is 11.9 Å². The van der Waals surface area contributed by atoms with Crippen LogP contribution in [0.4, 0.5) is 5.82 Å². The molecule has 0 amide bonds. The Labute approximate surface area is 97.9 Å². The second-order valence-electron chi connectivity index (χ2n) is 4.01. The predicted molar refractivity (Wildman–Crippen MR) is 66.6 cm³/mol. The van der Waals surface area contributed by atoms with Gasteiger partial charge in [-0.25, -0.2) is 4.98 Å². The van der Waals surface area contributed by atoms with Crippen LogP contribution in [0.15, 0.2) is 30.5 Å². The molecule has 3 aromatic rings. The predicted octanol–water partition coefficient (Wildman–Crippen LogP) is 2.25. The number of aromatic nitrogens is 2. The molecule has 0 aliphatic carbocycles. The van der Waals surface area contributed by atoms with Crippen LogP contribution >= 0.6 is 0 Å². The third kappa shape index (κ3) is 1.20. The third-order valence-electron chi connectivity index (χ3n) is 2.95. The van der Waals surface area contributed by atoms with Gasteiger partial charge in [-0.05, 0) is 24.6 Å². The zero-order valence-electron chi connectivity index (χ0n) is 9.31. The first-order chi connectivity index (χ1) is 8.22. The van der Waals surface area contributed by atoms with E-state index in [1.165, 1.54) is 0 Å². The minimum atomic E-state index is 0.461. The Morgan fingerprint density at radius 1 is 1.35 bits per heavy atom. The number of para-hydroxylation sites is 1. The van der Waals surface area contributed by atoms with Crippen molar-refractivity contribution in [1.29, 1.82) is 5.26 Å². The molecule has 17 heavy (non-hydrogen) atoms. The van der Waals surface area contributed by atoms with Gasteiger partial charge in [-0.3, -0.25) is 4.40 Å². The molecule has 0 spiro atoms. The van der Waals surface area contributed by atoms with Crippen LogP contribution in [0.25, 0.3) is 16.6 Å². The second-order valence-corrected chi connectivity index (χ2v) is 4.01. The lowest BCUT2D eigenvalue weighted by atomic mass is 10.2. The number of benzene rings is 1. The zero-order chi connectivity index (χ0) is 12.0. The van der Waals surface area contributed by atoms with E-state index in [1.54, 1.807) is 0 Å². The fourth-order valence-electron chi connectivity index (χ4n) is 2.12. The molecule has 0 saturated heterocycles. The number of nitrogens with zero attached hydrogens (tertiary/aromatic N) is 3. The molecule has 0 aliphatic rings. The Kier molecular flexibility index (Phi) is 1.83. The van der Waals surface area contributed by atoms with E-state index in [4.69, 9.17) is 11.0 Å². The van der Waals surface area contributed by atoms with Crippen molar-refractivity contribution in [1.82, 2.24) is 9.38 Å². The van der Waals surface area contributed by atoms with Gasteiger partial charge in [0.25, 0.3) is 0 Å². The van der Waals surface area contributed by atoms with E-state index >= 15 is 0 Å². The molecule has 4 nitrogen and oxygen atoms in total. The fourth-order valence-corrected chi connectivity index (χ4v) is 2.12. The lowest BCUT2D eigenvalue weighted by Crippen LogP contribution is -1.97. The third-order valence-corrected chi connectivity index (χ3v) is 2.95. The van der Waals surface area contributed by atoms with Crippen molar-refractivity contribution >= 4 is 22.4 Å². The molecule has 1 aromatic carbocycles. The highest BCUT2D eigenvalue weighted by Crippen LogP contribution is 2.24. The molecule has 4 heteroatoms. The second kappa shape index (κ2) is 3.22. The Bertz CT molecular complexity index is 777. The van der Waals surface area contributed by atoms with Gasteiger partial charge in [0.15, 0.2) is 5.65 Å². The molecule has 2 aromatic heterocycles. The highest BCUT2D eigenvalue weighted by molar-refractivity contribution is 5.91. The van der Waals surface area contributed by atoms with E-state index < -0.39 is 0 Å². The number of hydrogen-bond acceptors (Lipinski definition) is 3. The van der Waals surface area contributed by atoms with Crippen molar-refractivity contribution < 1.29 is 0 Å². The van der Waals surface area contributed by atoms with Crippen LogP contribution < -0.4 is 5.73 Å². The van der Waals surface area contributed by atoms with Gasteiger partial charge in [-0.1, -0.05) is 12.1 Å². The molecule has 0 radical (unpaired) electrons. The standard InChI is InChI=1S/C13H10N4/c1-8-7-17-11-5-3-2-4-9(11)12(15)16-13(17)10(8)6-14/h2-5,7H,1H3,(H2,15,16). The van der Waals surface area contributed by atoms with E-state index in [0.717, 1.165) is 16.5 Å². The first kappa shape index (κ1) is 9.67. The first-order valence-electron chi connectivity index (χ1n) is 5.28. The van der Waals surface area contributed by atoms with Crippen molar-refractivity contribution in [2.24, 2.45) is 0 Å². The first-order valence-corrected chi connectivity index (χ1v) is 5.28. The SMILES string of the molecule is Cc1cn2c(nc(N)c3ccccc32)c1C#N. The minimum absolute atomic E-state index is 0.461. The van der Waals surface area contributed by atoms with Gasteiger partial charge >= 0.3 is 0 Å². The summed E-state index contributed by atoms with van der Waals surface area (Å²) in [6, 6.07) is 9.94. The Balaban J connectivity index is 2.63. The quantitative estimate of drug-likeness (QED) is 0.634. The molecule has 0 unspecified atom stereocenters. The average molecular weight is 222 g/mol. The molecule has 0 aliphatic heterocycles. The van der Waals surface area contributed by atoms with Crippen LogP contribution in [0.1, 0.15) is 11.1 Å². The normalized spacial score (nSPS) is 10.8. The monoisotopic (exact) mass is 222 g/mol. The van der Waals surface area contributed by atoms with E-state index in [0.29, 0.717) is 17.0 Å². The van der Waals surface area contributed by atoms with Crippen LogP contribution in [-0.4, -0.2) is 9.38 Å². The summed E-state index contributed by atoms with van der Waals surface area (Å²) in [5.74, 6) is 0.461. The van der Waals surface area contributed by atoms with Crippen LogP contribution in [0.5, 0.6) is 0 Å². The maximum atomic E-state index is 9.12. The van der Waals surface area contributed by atoms with Crippen LogP contribution in [0.2, 0.25) is 0 Å². The molecule has 2 N–H and O–H groups in total. The van der Waals surface area contributed by atoms with Crippen molar-refractivity contribution in [3.63, 3.8) is 0 Å².